The van der Waals surface area contributed by atoms with Crippen molar-refractivity contribution < 1.29 is 19.4 Å². The fourth-order valence-electron chi connectivity index (χ4n) is 2.26. The molecule has 0 unspecified atom stereocenters. The highest BCUT2D eigenvalue weighted by Crippen LogP contribution is 2.24. The molecule has 0 bridgehead atoms. The van der Waals surface area contributed by atoms with Crippen LogP contribution in [0.4, 0.5) is 4.79 Å². The zero-order valence-corrected chi connectivity index (χ0v) is 15.2. The molecule has 122 valence electrons. The van der Waals surface area contributed by atoms with Gasteiger partial charge in [-0.05, 0) is 61.1 Å². The molecule has 0 saturated carbocycles. The van der Waals surface area contributed by atoms with Crippen LogP contribution in [-0.4, -0.2) is 47.5 Å². The molecular formula is C16H22INO4. The van der Waals surface area contributed by atoms with Gasteiger partial charge in [0.2, 0.25) is 0 Å². The van der Waals surface area contributed by atoms with Crippen molar-refractivity contribution in [3.05, 3.63) is 33.4 Å². The van der Waals surface area contributed by atoms with Crippen molar-refractivity contribution in [2.75, 3.05) is 19.7 Å². The van der Waals surface area contributed by atoms with Crippen molar-refractivity contribution in [3.8, 4) is 0 Å². The van der Waals surface area contributed by atoms with Gasteiger partial charge < -0.3 is 19.5 Å². The van der Waals surface area contributed by atoms with Crippen molar-refractivity contribution in [1.29, 1.82) is 0 Å². The quantitative estimate of drug-likeness (QED) is 0.750. The molecule has 1 heterocycles. The highest BCUT2D eigenvalue weighted by Gasteiger charge is 2.32. The maximum Gasteiger partial charge on any atom is 0.410 e. The predicted octanol–water partition coefficient (Wildman–Crippen LogP) is 2.96. The number of benzene rings is 1. The van der Waals surface area contributed by atoms with Crippen LogP contribution >= 0.6 is 22.6 Å². The van der Waals surface area contributed by atoms with Crippen molar-refractivity contribution in [1.82, 2.24) is 4.90 Å². The summed E-state index contributed by atoms with van der Waals surface area (Å²) in [5.74, 6) is 0. The zero-order chi connectivity index (χ0) is 16.3. The molecule has 0 aromatic heterocycles. The van der Waals surface area contributed by atoms with Gasteiger partial charge in [-0.2, -0.15) is 0 Å². The topological polar surface area (TPSA) is 59.0 Å². The number of hydrogen-bond acceptors (Lipinski definition) is 4. The average molecular weight is 419 g/mol. The van der Waals surface area contributed by atoms with Gasteiger partial charge in [0, 0.05) is 10.1 Å². The van der Waals surface area contributed by atoms with E-state index in [1.807, 2.05) is 45.0 Å². The van der Waals surface area contributed by atoms with Crippen LogP contribution in [-0.2, 0) is 9.47 Å². The van der Waals surface area contributed by atoms with Gasteiger partial charge in [0.15, 0.2) is 0 Å². The molecule has 2 atom stereocenters. The lowest BCUT2D eigenvalue weighted by molar-refractivity contribution is -0.0908. The van der Waals surface area contributed by atoms with Gasteiger partial charge >= 0.3 is 6.09 Å². The summed E-state index contributed by atoms with van der Waals surface area (Å²) in [5, 5.41) is 10.5. The number of morpholine rings is 1. The Kier molecular flexibility index (Phi) is 5.68. The Morgan fingerprint density at radius 1 is 1.50 bits per heavy atom. The van der Waals surface area contributed by atoms with E-state index in [4.69, 9.17) is 9.47 Å². The minimum Gasteiger partial charge on any atom is -0.444 e. The second-order valence-electron chi connectivity index (χ2n) is 6.34. The molecule has 1 aromatic carbocycles. The summed E-state index contributed by atoms with van der Waals surface area (Å²) >= 11 is 2.20. The number of nitrogens with zero attached hydrogens (tertiary/aromatic N) is 1. The first-order valence-electron chi connectivity index (χ1n) is 7.29. The van der Waals surface area contributed by atoms with Crippen molar-refractivity contribution >= 4 is 28.7 Å². The standard InChI is InChI=1S/C16H22INO4/c1-16(2,3)22-15(20)18-7-8-21-13(10-18)14(19)11-5-4-6-12(17)9-11/h4-6,9,13-14,19H,7-8,10H2,1-3H3/t13-,14-/m0/s1. The summed E-state index contributed by atoms with van der Waals surface area (Å²) in [6, 6.07) is 7.64. The van der Waals surface area contributed by atoms with Crippen LogP contribution in [0.25, 0.3) is 0 Å². The second-order valence-corrected chi connectivity index (χ2v) is 7.58. The SMILES string of the molecule is CC(C)(C)OC(=O)N1CCO[C@H]([C@@H](O)c2cccc(I)c2)C1. The maximum atomic E-state index is 12.1. The van der Waals surface area contributed by atoms with Crippen LogP contribution in [0.2, 0.25) is 0 Å². The molecule has 1 fully saturated rings. The van der Waals surface area contributed by atoms with E-state index in [-0.39, 0.29) is 6.09 Å². The van der Waals surface area contributed by atoms with Gasteiger partial charge in [0.25, 0.3) is 0 Å². The van der Waals surface area contributed by atoms with Crippen molar-refractivity contribution in [2.45, 2.75) is 38.6 Å². The van der Waals surface area contributed by atoms with E-state index in [0.717, 1.165) is 9.13 Å². The Bertz CT molecular complexity index is 529. The Morgan fingerprint density at radius 3 is 2.86 bits per heavy atom. The summed E-state index contributed by atoms with van der Waals surface area (Å²) in [5.41, 5.74) is 0.266. The average Bonchev–Trinajstić information content (AvgIpc) is 2.45. The van der Waals surface area contributed by atoms with Gasteiger partial charge in [-0.25, -0.2) is 4.79 Å². The third-order valence-electron chi connectivity index (χ3n) is 3.29. The normalized spacial score (nSPS) is 20.6. The van der Waals surface area contributed by atoms with E-state index in [1.54, 1.807) is 4.90 Å². The summed E-state index contributed by atoms with van der Waals surface area (Å²) < 4.78 is 12.1. The van der Waals surface area contributed by atoms with Gasteiger partial charge in [-0.3, -0.25) is 0 Å². The lowest BCUT2D eigenvalue weighted by Gasteiger charge is -2.36. The van der Waals surface area contributed by atoms with E-state index in [0.29, 0.717) is 19.7 Å². The molecule has 6 heteroatoms. The number of halogens is 1. The number of carbonyl (C=O) groups excluding carboxylic acids is 1. The minimum atomic E-state index is -0.764. The van der Waals surface area contributed by atoms with Crippen LogP contribution in [0.5, 0.6) is 0 Å². The minimum absolute atomic E-state index is 0.321. The molecule has 0 aliphatic carbocycles. The first-order chi connectivity index (χ1) is 10.3. The number of hydrogen-bond donors (Lipinski definition) is 1. The third-order valence-corrected chi connectivity index (χ3v) is 3.96. The molecular weight excluding hydrogens is 397 g/mol. The largest absolute Gasteiger partial charge is 0.444 e. The van der Waals surface area contributed by atoms with Crippen LogP contribution in [0.1, 0.15) is 32.4 Å². The molecule has 1 aliphatic rings. The monoisotopic (exact) mass is 419 g/mol. The number of aliphatic hydroxyl groups excluding tert-OH is 1. The van der Waals surface area contributed by atoms with Crippen LogP contribution in [0.15, 0.2) is 24.3 Å². The predicted molar refractivity (Wildman–Crippen MR) is 91.7 cm³/mol. The van der Waals surface area contributed by atoms with E-state index < -0.39 is 17.8 Å². The highest BCUT2D eigenvalue weighted by molar-refractivity contribution is 14.1. The Morgan fingerprint density at radius 2 is 2.23 bits per heavy atom. The summed E-state index contributed by atoms with van der Waals surface area (Å²) in [7, 11) is 0. The zero-order valence-electron chi connectivity index (χ0n) is 13.1. The molecule has 22 heavy (non-hydrogen) atoms. The fraction of sp³-hybridized carbons (Fsp3) is 0.562. The van der Waals surface area contributed by atoms with E-state index >= 15 is 0 Å². The number of ether oxygens (including phenoxy) is 2. The van der Waals surface area contributed by atoms with Crippen molar-refractivity contribution in [2.24, 2.45) is 0 Å². The van der Waals surface area contributed by atoms with Gasteiger partial charge in [0.05, 0.1) is 13.2 Å². The van der Waals surface area contributed by atoms with Crippen molar-refractivity contribution in [3.63, 3.8) is 0 Å². The fourth-order valence-corrected chi connectivity index (χ4v) is 2.83. The summed E-state index contributed by atoms with van der Waals surface area (Å²) in [6.07, 6.45) is -1.57. The Balaban J connectivity index is 2.02. The number of rotatable bonds is 2. The molecule has 2 rings (SSSR count). The highest BCUT2D eigenvalue weighted by atomic mass is 127. The number of amides is 1. The van der Waals surface area contributed by atoms with Crippen LogP contribution in [0.3, 0.4) is 0 Å². The van der Waals surface area contributed by atoms with Crippen LogP contribution < -0.4 is 0 Å². The molecule has 1 aromatic rings. The maximum absolute atomic E-state index is 12.1. The molecule has 1 amide bonds. The van der Waals surface area contributed by atoms with E-state index in [9.17, 15) is 9.90 Å². The lowest BCUT2D eigenvalue weighted by Crippen LogP contribution is -2.49. The van der Waals surface area contributed by atoms with Gasteiger partial charge in [-0.1, -0.05) is 12.1 Å². The number of carbonyl (C=O) groups is 1. The number of aliphatic hydroxyl groups is 1. The summed E-state index contributed by atoms with van der Waals surface area (Å²) in [4.78, 5) is 13.7. The first-order valence-corrected chi connectivity index (χ1v) is 8.37. The molecule has 1 saturated heterocycles. The molecule has 5 nitrogen and oxygen atoms in total. The van der Waals surface area contributed by atoms with Crippen LogP contribution in [0, 0.1) is 3.57 Å². The van der Waals surface area contributed by atoms with E-state index in [1.165, 1.54) is 0 Å². The molecule has 1 N–H and O–H groups in total. The molecule has 0 radical (unpaired) electrons. The first kappa shape index (κ1) is 17.5. The smallest absolute Gasteiger partial charge is 0.410 e. The van der Waals surface area contributed by atoms with Gasteiger partial charge in [-0.15, -0.1) is 0 Å². The summed E-state index contributed by atoms with van der Waals surface area (Å²) in [6.45, 7) is 6.70. The second kappa shape index (κ2) is 7.14. The van der Waals surface area contributed by atoms with E-state index in [2.05, 4.69) is 22.6 Å². The lowest BCUT2D eigenvalue weighted by atomic mass is 10.0. The van der Waals surface area contributed by atoms with Gasteiger partial charge in [0.1, 0.15) is 17.8 Å². The Labute approximate surface area is 144 Å². The Hall–Kier alpha value is -0.860. The molecule has 0 spiro atoms. The third kappa shape index (κ3) is 4.82. The molecule has 1 aliphatic heterocycles.